The van der Waals surface area contributed by atoms with Crippen molar-refractivity contribution in [3.8, 4) is 0 Å². The van der Waals surface area contributed by atoms with Crippen LogP contribution in [0.3, 0.4) is 0 Å². The van der Waals surface area contributed by atoms with Crippen molar-refractivity contribution >= 4 is 37.3 Å². The molecule has 0 unspecified atom stereocenters. The van der Waals surface area contributed by atoms with Crippen molar-refractivity contribution in [2.75, 3.05) is 32.4 Å². The molecule has 1 aromatic heterocycles. The molecule has 1 fully saturated rings. The van der Waals surface area contributed by atoms with Gasteiger partial charge in [-0.3, -0.25) is 9.69 Å². The predicted molar refractivity (Wildman–Crippen MR) is 110 cm³/mol. The second kappa shape index (κ2) is 7.62. The monoisotopic (exact) mass is 415 g/mol. The molecule has 0 aliphatic carbocycles. The van der Waals surface area contributed by atoms with Crippen LogP contribution < -0.4 is 0 Å². The second-order valence-electron chi connectivity index (χ2n) is 6.94. The van der Waals surface area contributed by atoms with Crippen LogP contribution in [0.15, 0.2) is 53.4 Å². The summed E-state index contributed by atoms with van der Waals surface area (Å²) in [7, 11) is -3.25. The van der Waals surface area contributed by atoms with Crippen LogP contribution in [0.5, 0.6) is 0 Å². The Balaban J connectivity index is 1.36. The Morgan fingerprint density at radius 2 is 1.71 bits per heavy atom. The van der Waals surface area contributed by atoms with Crippen molar-refractivity contribution in [3.63, 3.8) is 0 Å². The van der Waals surface area contributed by atoms with E-state index >= 15 is 0 Å². The number of sulfone groups is 1. The number of piperazine rings is 1. The summed E-state index contributed by atoms with van der Waals surface area (Å²) in [6.07, 6.45) is 1.16. The minimum absolute atomic E-state index is 0.0558. The van der Waals surface area contributed by atoms with Gasteiger partial charge in [-0.05, 0) is 36.4 Å². The summed E-state index contributed by atoms with van der Waals surface area (Å²) in [4.78, 5) is 21.7. The molecule has 8 heteroatoms. The Kier molecular flexibility index (Phi) is 5.18. The molecule has 1 aliphatic heterocycles. The Morgan fingerprint density at radius 1 is 1.04 bits per heavy atom. The zero-order valence-electron chi connectivity index (χ0n) is 15.5. The lowest BCUT2D eigenvalue weighted by Gasteiger charge is -2.34. The fraction of sp³-hybridized carbons (Fsp3) is 0.300. The molecule has 4 rings (SSSR count). The summed E-state index contributed by atoms with van der Waals surface area (Å²) in [6.45, 7) is 3.69. The van der Waals surface area contributed by atoms with Crippen LogP contribution in [0.1, 0.15) is 15.4 Å². The van der Waals surface area contributed by atoms with Crippen molar-refractivity contribution in [3.05, 3.63) is 59.1 Å². The first kappa shape index (κ1) is 19.0. The van der Waals surface area contributed by atoms with E-state index in [1.54, 1.807) is 23.5 Å². The van der Waals surface area contributed by atoms with Crippen LogP contribution in [0, 0.1) is 0 Å². The third-order valence-corrected chi connectivity index (χ3v) is 7.04. The Labute approximate surface area is 168 Å². The normalized spacial score (nSPS) is 15.8. The van der Waals surface area contributed by atoms with Crippen LogP contribution in [-0.2, 0) is 16.4 Å². The van der Waals surface area contributed by atoms with Crippen molar-refractivity contribution in [1.82, 2.24) is 14.8 Å². The second-order valence-corrected chi connectivity index (χ2v) is 10.1. The van der Waals surface area contributed by atoms with Gasteiger partial charge in [-0.15, -0.1) is 11.3 Å². The average Bonchev–Trinajstić information content (AvgIpc) is 3.10. The molecule has 6 nitrogen and oxygen atoms in total. The topological polar surface area (TPSA) is 70.6 Å². The van der Waals surface area contributed by atoms with Gasteiger partial charge in [0.05, 0.1) is 21.7 Å². The zero-order chi connectivity index (χ0) is 19.7. The SMILES string of the molecule is CS(=O)(=O)c1ccc(C(=O)N2CCN(Cc3nc4ccccc4s3)CC2)cc1. The van der Waals surface area contributed by atoms with Gasteiger partial charge in [-0.25, -0.2) is 13.4 Å². The summed E-state index contributed by atoms with van der Waals surface area (Å²) in [6, 6.07) is 14.3. The molecule has 2 aromatic carbocycles. The highest BCUT2D eigenvalue weighted by molar-refractivity contribution is 7.90. The highest BCUT2D eigenvalue weighted by Gasteiger charge is 2.23. The number of hydrogen-bond acceptors (Lipinski definition) is 6. The van der Waals surface area contributed by atoms with E-state index in [2.05, 4.69) is 16.0 Å². The van der Waals surface area contributed by atoms with Gasteiger partial charge in [0.2, 0.25) is 0 Å². The number of aromatic nitrogens is 1. The Morgan fingerprint density at radius 3 is 2.36 bits per heavy atom. The van der Waals surface area contributed by atoms with Gasteiger partial charge in [0, 0.05) is 38.0 Å². The largest absolute Gasteiger partial charge is 0.336 e. The minimum Gasteiger partial charge on any atom is -0.336 e. The number of amides is 1. The fourth-order valence-corrected chi connectivity index (χ4v) is 4.96. The summed E-state index contributed by atoms with van der Waals surface area (Å²) >= 11 is 1.72. The first-order chi connectivity index (χ1) is 13.4. The number of hydrogen-bond donors (Lipinski definition) is 0. The third kappa shape index (κ3) is 4.09. The third-order valence-electron chi connectivity index (χ3n) is 4.89. The van der Waals surface area contributed by atoms with Gasteiger partial charge < -0.3 is 4.90 Å². The van der Waals surface area contributed by atoms with E-state index < -0.39 is 9.84 Å². The highest BCUT2D eigenvalue weighted by atomic mass is 32.2. The lowest BCUT2D eigenvalue weighted by Crippen LogP contribution is -2.48. The van der Waals surface area contributed by atoms with E-state index in [1.165, 1.54) is 16.8 Å². The number of para-hydroxylation sites is 1. The van der Waals surface area contributed by atoms with E-state index in [-0.39, 0.29) is 10.8 Å². The molecule has 1 amide bonds. The lowest BCUT2D eigenvalue weighted by molar-refractivity contribution is 0.0628. The van der Waals surface area contributed by atoms with Gasteiger partial charge in [0.15, 0.2) is 9.84 Å². The number of fused-ring (bicyclic) bond motifs is 1. The van der Waals surface area contributed by atoms with Gasteiger partial charge in [-0.2, -0.15) is 0 Å². The van der Waals surface area contributed by atoms with Gasteiger partial charge >= 0.3 is 0 Å². The number of rotatable bonds is 4. The molecule has 146 valence electrons. The molecule has 0 radical (unpaired) electrons. The Bertz CT molecular complexity index is 1070. The van der Waals surface area contributed by atoms with E-state index in [0.717, 1.165) is 36.4 Å². The van der Waals surface area contributed by atoms with Crippen LogP contribution in [0.2, 0.25) is 0 Å². The zero-order valence-corrected chi connectivity index (χ0v) is 17.2. The van der Waals surface area contributed by atoms with E-state index in [1.807, 2.05) is 23.1 Å². The molecule has 3 aromatic rings. The fourth-order valence-electron chi connectivity index (χ4n) is 3.32. The molecule has 1 saturated heterocycles. The lowest BCUT2D eigenvalue weighted by atomic mass is 10.2. The van der Waals surface area contributed by atoms with E-state index in [4.69, 9.17) is 0 Å². The number of benzene rings is 2. The summed E-state index contributed by atoms with van der Waals surface area (Å²) in [5.41, 5.74) is 1.56. The number of thiazole rings is 1. The van der Waals surface area contributed by atoms with Gasteiger partial charge in [0.25, 0.3) is 5.91 Å². The van der Waals surface area contributed by atoms with Crippen LogP contribution >= 0.6 is 11.3 Å². The van der Waals surface area contributed by atoms with E-state index in [9.17, 15) is 13.2 Å². The maximum atomic E-state index is 12.7. The first-order valence-corrected chi connectivity index (χ1v) is 11.8. The van der Waals surface area contributed by atoms with Crippen LogP contribution in [-0.4, -0.2) is 61.5 Å². The summed E-state index contributed by atoms with van der Waals surface area (Å²) in [5.74, 6) is -0.0558. The number of carbonyl (C=O) groups is 1. The number of carbonyl (C=O) groups excluding carboxylic acids is 1. The van der Waals surface area contributed by atoms with Crippen LogP contribution in [0.4, 0.5) is 0 Å². The van der Waals surface area contributed by atoms with Crippen molar-refractivity contribution in [2.45, 2.75) is 11.4 Å². The van der Waals surface area contributed by atoms with E-state index in [0.29, 0.717) is 18.7 Å². The van der Waals surface area contributed by atoms with Crippen molar-refractivity contribution in [1.29, 1.82) is 0 Å². The molecule has 0 saturated carbocycles. The van der Waals surface area contributed by atoms with Gasteiger partial charge in [0.1, 0.15) is 5.01 Å². The summed E-state index contributed by atoms with van der Waals surface area (Å²) < 4.78 is 24.3. The quantitative estimate of drug-likeness (QED) is 0.655. The minimum atomic E-state index is -3.25. The summed E-state index contributed by atoms with van der Waals surface area (Å²) in [5, 5.41) is 1.09. The first-order valence-electron chi connectivity index (χ1n) is 9.06. The molecule has 0 bridgehead atoms. The molecule has 2 heterocycles. The van der Waals surface area contributed by atoms with Crippen molar-refractivity contribution in [2.24, 2.45) is 0 Å². The molecule has 1 aliphatic rings. The van der Waals surface area contributed by atoms with Crippen molar-refractivity contribution < 1.29 is 13.2 Å². The smallest absolute Gasteiger partial charge is 0.253 e. The molecular weight excluding hydrogens is 394 g/mol. The standard InChI is InChI=1S/C20H21N3O3S2/c1-28(25,26)16-8-6-15(7-9-16)20(24)23-12-10-22(11-13-23)14-19-21-17-4-2-3-5-18(17)27-19/h2-9H,10-14H2,1H3. The molecular formula is C20H21N3O3S2. The average molecular weight is 416 g/mol. The number of nitrogens with zero attached hydrogens (tertiary/aromatic N) is 3. The van der Waals surface area contributed by atoms with Crippen LogP contribution in [0.25, 0.3) is 10.2 Å². The molecule has 28 heavy (non-hydrogen) atoms. The highest BCUT2D eigenvalue weighted by Crippen LogP contribution is 2.23. The maximum absolute atomic E-state index is 12.7. The Hall–Kier alpha value is -2.29. The predicted octanol–water partition coefficient (Wildman–Crippen LogP) is 2.66. The van der Waals surface area contributed by atoms with Gasteiger partial charge in [-0.1, -0.05) is 12.1 Å². The maximum Gasteiger partial charge on any atom is 0.253 e. The molecule has 0 spiro atoms. The molecule has 0 atom stereocenters. The molecule has 0 N–H and O–H groups in total.